The second kappa shape index (κ2) is 7.14. The highest BCUT2D eigenvalue weighted by Gasteiger charge is 2.12. The maximum atomic E-state index is 6.05. The number of aryl methyl sites for hydroxylation is 2. The summed E-state index contributed by atoms with van der Waals surface area (Å²) < 4.78 is 11.3. The lowest BCUT2D eigenvalue weighted by Crippen LogP contribution is -2.23. The monoisotopic (exact) mass is 285 g/mol. The molecule has 0 aliphatic carbocycles. The lowest BCUT2D eigenvalue weighted by Gasteiger charge is -2.20. The fraction of sp³-hybridized carbons (Fsp3) is 0.333. The zero-order valence-electron chi connectivity index (χ0n) is 13.1. The molecule has 3 nitrogen and oxygen atoms in total. The number of ether oxygens (including phenoxy) is 2. The van der Waals surface area contributed by atoms with Crippen molar-refractivity contribution in [2.24, 2.45) is 0 Å². The van der Waals surface area contributed by atoms with E-state index < -0.39 is 0 Å². The van der Waals surface area contributed by atoms with Crippen molar-refractivity contribution >= 4 is 0 Å². The Balaban J connectivity index is 2.12. The molecule has 0 amide bonds. The van der Waals surface area contributed by atoms with Crippen molar-refractivity contribution in [1.29, 1.82) is 0 Å². The fourth-order valence-electron chi connectivity index (χ4n) is 2.40. The molecular weight excluding hydrogens is 262 g/mol. The van der Waals surface area contributed by atoms with Crippen molar-refractivity contribution in [2.75, 3.05) is 20.8 Å². The maximum absolute atomic E-state index is 6.05. The van der Waals surface area contributed by atoms with Crippen LogP contribution in [0.4, 0.5) is 0 Å². The maximum Gasteiger partial charge on any atom is 0.125 e. The zero-order valence-corrected chi connectivity index (χ0v) is 13.1. The predicted molar refractivity (Wildman–Crippen MR) is 86.2 cm³/mol. The van der Waals surface area contributed by atoms with E-state index in [9.17, 15) is 0 Å². The number of hydrogen-bond acceptors (Lipinski definition) is 3. The molecule has 0 aliphatic rings. The van der Waals surface area contributed by atoms with E-state index in [4.69, 9.17) is 9.47 Å². The summed E-state index contributed by atoms with van der Waals surface area (Å²) in [5.41, 5.74) is 3.48. The van der Waals surface area contributed by atoms with Crippen LogP contribution >= 0.6 is 0 Å². The molecule has 0 fully saturated rings. The van der Waals surface area contributed by atoms with Gasteiger partial charge < -0.3 is 14.8 Å². The van der Waals surface area contributed by atoms with E-state index in [0.29, 0.717) is 6.61 Å². The van der Waals surface area contributed by atoms with Gasteiger partial charge in [0.2, 0.25) is 0 Å². The summed E-state index contributed by atoms with van der Waals surface area (Å²) in [6.07, 6.45) is 0. The van der Waals surface area contributed by atoms with Gasteiger partial charge >= 0.3 is 0 Å². The highest BCUT2D eigenvalue weighted by molar-refractivity contribution is 5.40. The molecule has 1 atom stereocenters. The summed E-state index contributed by atoms with van der Waals surface area (Å²) in [6, 6.07) is 14.4. The van der Waals surface area contributed by atoms with Crippen molar-refractivity contribution in [3.05, 3.63) is 59.2 Å². The normalized spacial score (nSPS) is 12.0. The summed E-state index contributed by atoms with van der Waals surface area (Å²) in [5.74, 6) is 1.83. The second-order valence-corrected chi connectivity index (χ2v) is 5.15. The van der Waals surface area contributed by atoms with Crippen molar-refractivity contribution < 1.29 is 9.47 Å². The molecule has 0 radical (unpaired) electrons. The van der Waals surface area contributed by atoms with Crippen LogP contribution in [0.25, 0.3) is 0 Å². The Labute approximate surface area is 126 Å². The number of methoxy groups -OCH3 is 1. The van der Waals surface area contributed by atoms with E-state index in [1.54, 1.807) is 7.11 Å². The second-order valence-electron chi connectivity index (χ2n) is 5.15. The minimum absolute atomic E-state index is 0.124. The van der Waals surface area contributed by atoms with Crippen LogP contribution < -0.4 is 14.8 Å². The number of para-hydroxylation sites is 1. The van der Waals surface area contributed by atoms with E-state index in [1.165, 1.54) is 0 Å². The minimum Gasteiger partial charge on any atom is -0.497 e. The van der Waals surface area contributed by atoms with Gasteiger partial charge in [0, 0.05) is 0 Å². The number of likely N-dealkylation sites (N-methyl/N-ethyl adjacent to an activating group) is 1. The largest absolute Gasteiger partial charge is 0.497 e. The third-order valence-corrected chi connectivity index (χ3v) is 3.65. The van der Waals surface area contributed by atoms with E-state index >= 15 is 0 Å². The Bertz CT molecular complexity index is 575. The minimum atomic E-state index is 0.124. The first-order valence-corrected chi connectivity index (χ1v) is 7.16. The van der Waals surface area contributed by atoms with Crippen LogP contribution in [0.1, 0.15) is 22.7 Å². The van der Waals surface area contributed by atoms with Gasteiger partial charge in [-0.15, -0.1) is 0 Å². The molecule has 3 heteroatoms. The summed E-state index contributed by atoms with van der Waals surface area (Å²) in [4.78, 5) is 0. The van der Waals surface area contributed by atoms with Crippen LogP contribution in [-0.4, -0.2) is 20.8 Å². The molecule has 0 bridgehead atoms. The molecule has 1 N–H and O–H groups in total. The van der Waals surface area contributed by atoms with Gasteiger partial charge in [0.25, 0.3) is 0 Å². The number of rotatable bonds is 6. The lowest BCUT2D eigenvalue weighted by molar-refractivity contribution is 0.269. The summed E-state index contributed by atoms with van der Waals surface area (Å²) in [5, 5.41) is 3.30. The van der Waals surface area contributed by atoms with E-state index in [2.05, 4.69) is 43.4 Å². The zero-order chi connectivity index (χ0) is 15.2. The number of benzene rings is 2. The average molecular weight is 285 g/mol. The topological polar surface area (TPSA) is 30.5 Å². The quantitative estimate of drug-likeness (QED) is 0.878. The molecule has 21 heavy (non-hydrogen) atoms. The molecular formula is C18H23NO2. The molecule has 0 spiro atoms. The van der Waals surface area contributed by atoms with E-state index in [1.807, 2.05) is 25.2 Å². The van der Waals surface area contributed by atoms with E-state index in [-0.39, 0.29) is 6.04 Å². The lowest BCUT2D eigenvalue weighted by atomic mass is 10.1. The molecule has 2 rings (SSSR count). The molecule has 1 unspecified atom stereocenters. The molecule has 0 aromatic heterocycles. The smallest absolute Gasteiger partial charge is 0.125 e. The van der Waals surface area contributed by atoms with Crippen molar-refractivity contribution in [3.63, 3.8) is 0 Å². The molecule has 0 saturated carbocycles. The Hall–Kier alpha value is -2.00. The average Bonchev–Trinajstić information content (AvgIpc) is 2.50. The third kappa shape index (κ3) is 3.76. The Morgan fingerprint density at radius 3 is 2.33 bits per heavy atom. The van der Waals surface area contributed by atoms with Gasteiger partial charge in [-0.2, -0.15) is 0 Å². The predicted octanol–water partition coefficient (Wildman–Crippen LogP) is 3.65. The summed E-state index contributed by atoms with van der Waals surface area (Å²) in [7, 11) is 3.62. The third-order valence-electron chi connectivity index (χ3n) is 3.65. The van der Waals surface area contributed by atoms with Crippen molar-refractivity contribution in [2.45, 2.75) is 19.9 Å². The van der Waals surface area contributed by atoms with Gasteiger partial charge in [-0.25, -0.2) is 0 Å². The molecule has 0 saturated heterocycles. The first kappa shape index (κ1) is 15.4. The Morgan fingerprint density at radius 1 is 1.05 bits per heavy atom. The standard InChI is InChI=1S/C18H23NO2/c1-13-7-5-8-14(2)18(13)21-12-17(19-3)15-9-6-10-16(11-15)20-4/h5-11,17,19H,12H2,1-4H3. The SMILES string of the molecule is CNC(COc1c(C)cccc1C)c1cccc(OC)c1. The first-order chi connectivity index (χ1) is 10.2. The van der Waals surface area contributed by atoms with Crippen LogP contribution in [0, 0.1) is 13.8 Å². The van der Waals surface area contributed by atoms with E-state index in [0.717, 1.165) is 28.2 Å². The van der Waals surface area contributed by atoms with Gasteiger partial charge in [0.15, 0.2) is 0 Å². The molecule has 2 aromatic carbocycles. The first-order valence-electron chi connectivity index (χ1n) is 7.16. The van der Waals surface area contributed by atoms with Crippen LogP contribution in [-0.2, 0) is 0 Å². The highest BCUT2D eigenvalue weighted by Crippen LogP contribution is 2.25. The Kier molecular flexibility index (Phi) is 5.23. The van der Waals surface area contributed by atoms with Gasteiger partial charge in [-0.3, -0.25) is 0 Å². The molecule has 0 heterocycles. The van der Waals surface area contributed by atoms with Crippen LogP contribution in [0.15, 0.2) is 42.5 Å². The summed E-state index contributed by atoms with van der Waals surface area (Å²) >= 11 is 0. The van der Waals surface area contributed by atoms with Crippen molar-refractivity contribution in [3.8, 4) is 11.5 Å². The van der Waals surface area contributed by atoms with Gasteiger partial charge in [0.05, 0.1) is 13.2 Å². The van der Waals surface area contributed by atoms with Gasteiger partial charge in [0.1, 0.15) is 18.1 Å². The van der Waals surface area contributed by atoms with Gasteiger partial charge in [-0.05, 0) is 49.7 Å². The molecule has 112 valence electrons. The van der Waals surface area contributed by atoms with Crippen LogP contribution in [0.5, 0.6) is 11.5 Å². The van der Waals surface area contributed by atoms with Crippen LogP contribution in [0.3, 0.4) is 0 Å². The fourth-order valence-corrected chi connectivity index (χ4v) is 2.40. The highest BCUT2D eigenvalue weighted by atomic mass is 16.5. The van der Waals surface area contributed by atoms with Gasteiger partial charge in [-0.1, -0.05) is 30.3 Å². The number of nitrogens with one attached hydrogen (secondary N) is 1. The molecule has 2 aromatic rings. The van der Waals surface area contributed by atoms with Crippen LogP contribution in [0.2, 0.25) is 0 Å². The molecule has 0 aliphatic heterocycles. The Morgan fingerprint density at radius 2 is 1.71 bits per heavy atom. The number of hydrogen-bond donors (Lipinski definition) is 1. The summed E-state index contributed by atoms with van der Waals surface area (Å²) in [6.45, 7) is 4.72. The van der Waals surface area contributed by atoms with Crippen molar-refractivity contribution in [1.82, 2.24) is 5.32 Å².